The highest BCUT2D eigenvalue weighted by Gasteiger charge is 2.30. The average molecular weight is 465 g/mol. The minimum absolute atomic E-state index is 0.396. The highest BCUT2D eigenvalue weighted by atomic mass is 32.2. The van der Waals surface area contributed by atoms with Crippen molar-refractivity contribution in [2.45, 2.75) is 19.4 Å². The van der Waals surface area contributed by atoms with E-state index < -0.39 is 17.3 Å². The van der Waals surface area contributed by atoms with E-state index in [0.29, 0.717) is 24.3 Å². The van der Waals surface area contributed by atoms with Gasteiger partial charge in [-0.15, -0.1) is 0 Å². The molecule has 1 unspecified atom stereocenters. The molecule has 172 valence electrons. The lowest BCUT2D eigenvalue weighted by Crippen LogP contribution is -2.42. The minimum atomic E-state index is -1.22. The van der Waals surface area contributed by atoms with Crippen molar-refractivity contribution in [3.8, 4) is 0 Å². The lowest BCUT2D eigenvalue weighted by Gasteiger charge is -2.36. The summed E-state index contributed by atoms with van der Waals surface area (Å²) in [6.07, 6.45) is 6.08. The Kier molecular flexibility index (Phi) is 5.80. The first kappa shape index (κ1) is 21.9. The van der Waals surface area contributed by atoms with Gasteiger partial charge in [-0.3, -0.25) is 4.99 Å². The Bertz CT molecular complexity index is 1230. The summed E-state index contributed by atoms with van der Waals surface area (Å²) >= 11 is -1.22. The van der Waals surface area contributed by atoms with Crippen molar-refractivity contribution in [3.63, 3.8) is 0 Å². The summed E-state index contributed by atoms with van der Waals surface area (Å²) in [5.74, 6) is 0.287. The number of likely N-dealkylation sites (N-methyl/N-ethyl adjacent to an activating group) is 1. The number of ether oxygens (including phenoxy) is 1. The van der Waals surface area contributed by atoms with Crippen LogP contribution in [0.1, 0.15) is 28.9 Å². The molecule has 1 atom stereocenters. The third-order valence-corrected chi connectivity index (χ3v) is 7.41. The first-order valence-corrected chi connectivity index (χ1v) is 12.7. The highest BCUT2D eigenvalue weighted by molar-refractivity contribution is 7.92. The Morgan fingerprint density at radius 2 is 2.03 bits per heavy atom. The van der Waals surface area contributed by atoms with Gasteiger partial charge in [-0.25, -0.2) is 4.79 Å². The molecule has 8 heteroatoms. The molecule has 2 aromatic carbocycles. The molecule has 33 heavy (non-hydrogen) atoms. The zero-order valence-corrected chi connectivity index (χ0v) is 20.0. The molecule has 2 heterocycles. The predicted octanol–water partition coefficient (Wildman–Crippen LogP) is 4.14. The summed E-state index contributed by atoms with van der Waals surface area (Å²) in [5.41, 5.74) is 4.90. The number of nitrogens with zero attached hydrogens (tertiary/aromatic N) is 4. The van der Waals surface area contributed by atoms with Crippen molar-refractivity contribution < 1.29 is 14.1 Å². The van der Waals surface area contributed by atoms with Crippen LogP contribution >= 0.6 is 0 Å². The third kappa shape index (κ3) is 4.20. The molecule has 7 nitrogen and oxygen atoms in total. The number of aliphatic imine (C=N–C) groups is 1. The number of methoxy groups -OCH3 is 1. The fourth-order valence-corrected chi connectivity index (χ4v) is 5.25. The van der Waals surface area contributed by atoms with Crippen molar-refractivity contribution in [2.75, 3.05) is 42.7 Å². The van der Waals surface area contributed by atoms with E-state index in [0.717, 1.165) is 29.5 Å². The predicted molar refractivity (Wildman–Crippen MR) is 134 cm³/mol. The van der Waals surface area contributed by atoms with Crippen LogP contribution in [0.2, 0.25) is 0 Å². The Morgan fingerprint density at radius 1 is 1.24 bits per heavy atom. The van der Waals surface area contributed by atoms with Gasteiger partial charge >= 0.3 is 5.97 Å². The second-order valence-corrected chi connectivity index (χ2v) is 10.0. The van der Waals surface area contributed by atoms with E-state index in [9.17, 15) is 9.35 Å². The minimum Gasteiger partial charge on any atom is -0.593 e. The molecular formula is C25H28N4O3S. The zero-order chi connectivity index (χ0) is 23.1. The van der Waals surface area contributed by atoms with Crippen LogP contribution in [-0.4, -0.2) is 54.8 Å². The van der Waals surface area contributed by atoms with Gasteiger partial charge in [0.15, 0.2) is 0 Å². The number of aromatic nitrogens is 1. The molecule has 0 N–H and O–H groups in total. The quantitative estimate of drug-likeness (QED) is 0.311. The van der Waals surface area contributed by atoms with E-state index in [4.69, 9.17) is 9.73 Å². The summed E-state index contributed by atoms with van der Waals surface area (Å²) in [7, 11) is 3.36. The van der Waals surface area contributed by atoms with Gasteiger partial charge in [0.25, 0.3) is 0 Å². The Balaban J connectivity index is 1.62. The number of carbonyl (C=O) groups is 1. The van der Waals surface area contributed by atoms with Gasteiger partial charge in [0.2, 0.25) is 0 Å². The summed E-state index contributed by atoms with van der Waals surface area (Å²) in [6.45, 7) is 2.31. The van der Waals surface area contributed by atoms with E-state index in [1.807, 2.05) is 17.6 Å². The lowest BCUT2D eigenvalue weighted by atomic mass is 10.1. The van der Waals surface area contributed by atoms with Crippen LogP contribution in [0.15, 0.2) is 47.5 Å². The number of benzene rings is 2. The van der Waals surface area contributed by atoms with Gasteiger partial charge in [-0.2, -0.15) is 4.31 Å². The number of carbonyl (C=O) groups excluding carboxylic acids is 1. The molecule has 0 bridgehead atoms. The number of hydrogen-bond donors (Lipinski definition) is 0. The molecule has 0 radical (unpaired) electrons. The standard InChI is InChI=1S/C25H28N4O3S/c1-27-10-11-29(33(3)31)23-14-19(25(30)32-2)13-21(24(23)27)26-15-20-12-18-6-4-5-7-22(18)28(20)16-17-8-9-17/h4-7,12-15,17H,8-11,16H2,1-3H3/b26-15+. The van der Waals surface area contributed by atoms with Crippen LogP contribution in [0.5, 0.6) is 0 Å². The normalized spacial score (nSPS) is 17.0. The average Bonchev–Trinajstić information content (AvgIpc) is 3.57. The van der Waals surface area contributed by atoms with E-state index >= 15 is 0 Å². The van der Waals surface area contributed by atoms with E-state index in [1.165, 1.54) is 30.9 Å². The number of fused-ring (bicyclic) bond motifs is 2. The van der Waals surface area contributed by atoms with Crippen LogP contribution < -0.4 is 9.21 Å². The van der Waals surface area contributed by atoms with Crippen molar-refractivity contribution in [3.05, 3.63) is 53.7 Å². The monoisotopic (exact) mass is 464 g/mol. The van der Waals surface area contributed by atoms with E-state index in [2.05, 4.69) is 39.8 Å². The molecule has 1 aromatic heterocycles. The van der Waals surface area contributed by atoms with Crippen LogP contribution in [0, 0.1) is 5.92 Å². The maximum atomic E-state index is 12.4. The molecule has 0 spiro atoms. The molecule has 5 rings (SSSR count). The van der Waals surface area contributed by atoms with Gasteiger partial charge in [0.05, 0.1) is 53.9 Å². The fourth-order valence-electron chi connectivity index (χ4n) is 4.50. The van der Waals surface area contributed by atoms with Crippen LogP contribution in [0.4, 0.5) is 17.1 Å². The second-order valence-electron chi connectivity index (χ2n) is 8.74. The molecule has 0 saturated heterocycles. The van der Waals surface area contributed by atoms with Gasteiger partial charge in [0.1, 0.15) is 11.9 Å². The van der Waals surface area contributed by atoms with Gasteiger partial charge in [-0.1, -0.05) is 18.2 Å². The number of rotatable bonds is 6. The smallest absolute Gasteiger partial charge is 0.338 e. The van der Waals surface area contributed by atoms with Crippen molar-refractivity contribution in [2.24, 2.45) is 10.9 Å². The summed E-state index contributed by atoms with van der Waals surface area (Å²) in [6, 6.07) is 14.1. The SMILES string of the molecule is COC(=O)c1cc(/N=C/c2cc3ccccc3n2CC2CC2)c2c(c1)N([S+](C)[O-])CCN2C. The lowest BCUT2D eigenvalue weighted by molar-refractivity contribution is 0.0601. The molecule has 3 aromatic rings. The molecule has 0 amide bonds. The van der Waals surface area contributed by atoms with Gasteiger partial charge in [0, 0.05) is 31.0 Å². The second kappa shape index (κ2) is 8.76. The number of para-hydroxylation sites is 1. The Hall–Kier alpha value is -2.97. The molecule has 1 saturated carbocycles. The highest BCUT2D eigenvalue weighted by Crippen LogP contribution is 2.43. The van der Waals surface area contributed by atoms with Crippen molar-refractivity contribution in [1.29, 1.82) is 0 Å². The van der Waals surface area contributed by atoms with Crippen molar-refractivity contribution in [1.82, 2.24) is 4.57 Å². The number of hydrogen-bond acceptors (Lipinski definition) is 6. The first-order chi connectivity index (χ1) is 16.0. The summed E-state index contributed by atoms with van der Waals surface area (Å²) in [5, 5.41) is 1.19. The molecular weight excluding hydrogens is 436 g/mol. The van der Waals surface area contributed by atoms with Crippen LogP contribution in [0.3, 0.4) is 0 Å². The summed E-state index contributed by atoms with van der Waals surface area (Å²) < 4.78 is 21.5. The third-order valence-electron chi connectivity index (χ3n) is 6.41. The Labute approximate surface area is 197 Å². The Morgan fingerprint density at radius 3 is 2.76 bits per heavy atom. The molecule has 1 fully saturated rings. The van der Waals surface area contributed by atoms with Crippen LogP contribution in [0.25, 0.3) is 10.9 Å². The zero-order valence-electron chi connectivity index (χ0n) is 19.2. The molecule has 2 aliphatic rings. The number of esters is 1. The van der Waals surface area contributed by atoms with E-state index in [1.54, 1.807) is 18.4 Å². The van der Waals surface area contributed by atoms with E-state index in [-0.39, 0.29) is 0 Å². The first-order valence-electron chi connectivity index (χ1n) is 11.2. The van der Waals surface area contributed by atoms with Crippen LogP contribution in [-0.2, 0) is 22.6 Å². The topological polar surface area (TPSA) is 73.1 Å². The number of anilines is 2. The van der Waals surface area contributed by atoms with Gasteiger partial charge in [-0.05, 0) is 43.0 Å². The largest absolute Gasteiger partial charge is 0.593 e. The molecule has 1 aliphatic heterocycles. The summed E-state index contributed by atoms with van der Waals surface area (Å²) in [4.78, 5) is 19.4. The molecule has 1 aliphatic carbocycles. The van der Waals surface area contributed by atoms with Crippen molar-refractivity contribution >= 4 is 51.5 Å². The fraction of sp³-hybridized carbons (Fsp3) is 0.360. The van der Waals surface area contributed by atoms with Gasteiger partial charge < -0.3 is 18.8 Å². The maximum Gasteiger partial charge on any atom is 0.338 e. The maximum absolute atomic E-state index is 12.4.